The molecular weight excluding hydrogens is 597 g/mol. The number of urea groups is 1. The van der Waals surface area contributed by atoms with Crippen LogP contribution in [-0.2, 0) is 16.2 Å². The Morgan fingerprint density at radius 3 is 2.53 bits per heavy atom. The third-order valence-corrected chi connectivity index (χ3v) is 6.31. The fourth-order valence-electron chi connectivity index (χ4n) is 3.52. The number of ether oxygens (including phenoxy) is 2. The summed E-state index contributed by atoms with van der Waals surface area (Å²) in [7, 11) is 1.47. The average Bonchev–Trinajstić information content (AvgIpc) is 2.86. The van der Waals surface area contributed by atoms with E-state index >= 15 is 0 Å². The van der Waals surface area contributed by atoms with E-state index < -0.39 is 17.8 Å². The summed E-state index contributed by atoms with van der Waals surface area (Å²) in [5, 5.41) is 11.9. The number of anilines is 1. The Balaban J connectivity index is 1.65. The zero-order valence-corrected chi connectivity index (χ0v) is 21.7. The van der Waals surface area contributed by atoms with Gasteiger partial charge in [-0.1, -0.05) is 29.8 Å². The summed E-state index contributed by atoms with van der Waals surface area (Å²) in [6.07, 6.45) is 1.38. The van der Waals surface area contributed by atoms with Crippen LogP contribution >= 0.6 is 34.2 Å². The highest BCUT2D eigenvalue weighted by molar-refractivity contribution is 14.1. The number of barbiturate groups is 1. The number of nitrogens with one attached hydrogen (secondary N) is 1. The first-order valence-corrected chi connectivity index (χ1v) is 11.9. The van der Waals surface area contributed by atoms with Crippen molar-refractivity contribution in [3.63, 3.8) is 0 Å². The summed E-state index contributed by atoms with van der Waals surface area (Å²) in [5.41, 5.74) is 1.77. The topological polar surface area (TPSA) is 109 Å². The predicted octanol–water partition coefficient (Wildman–Crippen LogP) is 5.07. The molecular formula is C26H17ClIN3O5. The quantitative estimate of drug-likeness (QED) is 0.236. The lowest BCUT2D eigenvalue weighted by Gasteiger charge is -2.26. The number of halogens is 2. The SMILES string of the molecule is COc1cc(/C=C2\C(=O)NC(=O)N(c3ccc(Cl)cc3)C2=O)cc(I)c1OCc1ccccc1C#N. The van der Waals surface area contributed by atoms with Gasteiger partial charge in [0.2, 0.25) is 0 Å². The van der Waals surface area contributed by atoms with Crippen molar-refractivity contribution in [3.05, 3.63) is 91.5 Å². The molecule has 1 saturated heterocycles. The van der Waals surface area contributed by atoms with E-state index in [0.29, 0.717) is 31.2 Å². The highest BCUT2D eigenvalue weighted by Gasteiger charge is 2.36. The van der Waals surface area contributed by atoms with Gasteiger partial charge in [-0.05, 0) is 76.7 Å². The van der Waals surface area contributed by atoms with Crippen LogP contribution in [0.5, 0.6) is 11.5 Å². The van der Waals surface area contributed by atoms with E-state index in [2.05, 4.69) is 34.0 Å². The first kappa shape index (κ1) is 25.2. The third-order valence-electron chi connectivity index (χ3n) is 5.26. The zero-order chi connectivity index (χ0) is 25.8. The molecule has 8 nitrogen and oxygen atoms in total. The molecule has 0 bridgehead atoms. The first-order chi connectivity index (χ1) is 17.3. The molecule has 0 unspecified atom stereocenters. The van der Waals surface area contributed by atoms with E-state index in [9.17, 15) is 19.6 Å². The molecule has 4 amide bonds. The van der Waals surface area contributed by atoms with Crippen molar-refractivity contribution in [2.24, 2.45) is 0 Å². The fourth-order valence-corrected chi connectivity index (χ4v) is 4.42. The molecule has 10 heteroatoms. The Hall–Kier alpha value is -3.88. The average molecular weight is 614 g/mol. The van der Waals surface area contributed by atoms with E-state index in [4.69, 9.17) is 21.1 Å². The lowest BCUT2D eigenvalue weighted by molar-refractivity contribution is -0.122. The standard InChI is InChI=1S/C26H17ClIN3O5/c1-35-22-12-15(11-21(28)23(22)36-14-17-5-3-2-4-16(17)13-29)10-20-24(32)30-26(34)31(25(20)33)19-8-6-18(27)7-9-19/h2-12H,14H2,1H3,(H,30,32,34)/b20-10+. The van der Waals surface area contributed by atoms with Gasteiger partial charge in [0, 0.05) is 10.6 Å². The van der Waals surface area contributed by atoms with Crippen LogP contribution in [0.15, 0.2) is 66.2 Å². The molecule has 180 valence electrons. The van der Waals surface area contributed by atoms with Crippen molar-refractivity contribution in [2.75, 3.05) is 12.0 Å². The van der Waals surface area contributed by atoms with Gasteiger partial charge in [-0.2, -0.15) is 5.26 Å². The molecule has 1 fully saturated rings. The van der Waals surface area contributed by atoms with Crippen LogP contribution in [0.4, 0.5) is 10.5 Å². The van der Waals surface area contributed by atoms with Gasteiger partial charge in [0.15, 0.2) is 11.5 Å². The van der Waals surface area contributed by atoms with E-state index in [1.54, 1.807) is 30.3 Å². The van der Waals surface area contributed by atoms with E-state index in [0.717, 1.165) is 10.5 Å². The van der Waals surface area contributed by atoms with Crippen molar-refractivity contribution in [1.29, 1.82) is 5.26 Å². The Kier molecular flexibility index (Phi) is 7.57. The van der Waals surface area contributed by atoms with Crippen molar-refractivity contribution >= 4 is 63.8 Å². The Bertz CT molecular complexity index is 1450. The van der Waals surface area contributed by atoms with Crippen molar-refractivity contribution in [2.45, 2.75) is 6.61 Å². The molecule has 0 atom stereocenters. The number of nitriles is 1. The number of hydrogen-bond donors (Lipinski definition) is 1. The minimum Gasteiger partial charge on any atom is -0.493 e. The van der Waals surface area contributed by atoms with Crippen LogP contribution < -0.4 is 19.7 Å². The molecule has 0 saturated carbocycles. The van der Waals surface area contributed by atoms with E-state index in [-0.39, 0.29) is 17.9 Å². The van der Waals surface area contributed by atoms with Gasteiger partial charge in [0.05, 0.1) is 28.0 Å². The summed E-state index contributed by atoms with van der Waals surface area (Å²) >= 11 is 7.96. The smallest absolute Gasteiger partial charge is 0.335 e. The number of nitrogens with zero attached hydrogens (tertiary/aromatic N) is 2. The molecule has 0 aromatic heterocycles. The number of benzene rings is 3. The highest BCUT2D eigenvalue weighted by atomic mass is 127. The molecule has 3 aromatic rings. The van der Waals surface area contributed by atoms with Gasteiger partial charge in [-0.3, -0.25) is 14.9 Å². The number of amides is 4. The molecule has 1 heterocycles. The number of imide groups is 2. The molecule has 0 radical (unpaired) electrons. The molecule has 36 heavy (non-hydrogen) atoms. The number of rotatable bonds is 6. The van der Waals surface area contributed by atoms with Crippen molar-refractivity contribution in [3.8, 4) is 17.6 Å². The van der Waals surface area contributed by atoms with Crippen LogP contribution in [0.2, 0.25) is 5.02 Å². The maximum atomic E-state index is 13.1. The third kappa shape index (κ3) is 5.19. The van der Waals surface area contributed by atoms with Crippen molar-refractivity contribution in [1.82, 2.24) is 5.32 Å². The van der Waals surface area contributed by atoms with Gasteiger partial charge in [-0.25, -0.2) is 9.69 Å². The molecule has 3 aromatic carbocycles. The number of carbonyl (C=O) groups is 3. The largest absolute Gasteiger partial charge is 0.493 e. The summed E-state index contributed by atoms with van der Waals surface area (Å²) in [5.74, 6) is -0.756. The van der Waals surface area contributed by atoms with Crippen LogP contribution in [0.1, 0.15) is 16.7 Å². The monoisotopic (exact) mass is 613 g/mol. The highest BCUT2D eigenvalue weighted by Crippen LogP contribution is 2.36. The molecule has 0 aliphatic carbocycles. The van der Waals surface area contributed by atoms with Crippen LogP contribution in [0, 0.1) is 14.9 Å². The molecule has 1 aliphatic rings. The van der Waals surface area contributed by atoms with Crippen LogP contribution in [0.3, 0.4) is 0 Å². The Labute approximate surface area is 225 Å². The van der Waals surface area contributed by atoms with Gasteiger partial charge >= 0.3 is 6.03 Å². The summed E-state index contributed by atoms with van der Waals surface area (Å²) < 4.78 is 12.1. The Morgan fingerprint density at radius 2 is 1.83 bits per heavy atom. The fraction of sp³-hybridized carbons (Fsp3) is 0.0769. The van der Waals surface area contributed by atoms with E-state index in [1.807, 2.05) is 6.07 Å². The zero-order valence-electron chi connectivity index (χ0n) is 18.7. The Morgan fingerprint density at radius 1 is 1.11 bits per heavy atom. The lowest BCUT2D eigenvalue weighted by atomic mass is 10.1. The van der Waals surface area contributed by atoms with Gasteiger partial charge in [-0.15, -0.1) is 0 Å². The first-order valence-electron chi connectivity index (χ1n) is 10.5. The van der Waals surface area contributed by atoms with Crippen LogP contribution in [0.25, 0.3) is 6.08 Å². The second-order valence-corrected chi connectivity index (χ2v) is 9.12. The number of carbonyl (C=O) groups excluding carboxylic acids is 3. The molecule has 1 aliphatic heterocycles. The summed E-state index contributed by atoms with van der Waals surface area (Å²) in [4.78, 5) is 38.9. The normalized spacial score (nSPS) is 14.4. The second kappa shape index (κ2) is 10.8. The number of methoxy groups -OCH3 is 1. The van der Waals surface area contributed by atoms with Crippen LogP contribution in [-0.4, -0.2) is 25.0 Å². The lowest BCUT2D eigenvalue weighted by Crippen LogP contribution is -2.54. The maximum Gasteiger partial charge on any atom is 0.335 e. The molecule has 0 spiro atoms. The second-order valence-electron chi connectivity index (χ2n) is 7.53. The van der Waals surface area contributed by atoms with E-state index in [1.165, 1.54) is 37.5 Å². The summed E-state index contributed by atoms with van der Waals surface area (Å²) in [6, 6.07) is 17.8. The minimum atomic E-state index is -0.849. The van der Waals surface area contributed by atoms with Gasteiger partial charge < -0.3 is 9.47 Å². The van der Waals surface area contributed by atoms with Gasteiger partial charge in [0.25, 0.3) is 11.8 Å². The van der Waals surface area contributed by atoms with Gasteiger partial charge in [0.1, 0.15) is 12.2 Å². The summed E-state index contributed by atoms with van der Waals surface area (Å²) in [6.45, 7) is 0.148. The molecule has 4 rings (SSSR count). The predicted molar refractivity (Wildman–Crippen MR) is 142 cm³/mol. The van der Waals surface area contributed by atoms with Crippen molar-refractivity contribution < 1.29 is 23.9 Å². The maximum absolute atomic E-state index is 13.1. The number of hydrogen-bond acceptors (Lipinski definition) is 6. The minimum absolute atomic E-state index is 0.148. The molecule has 1 N–H and O–H groups in total.